The van der Waals surface area contributed by atoms with Gasteiger partial charge in [0.25, 0.3) is 0 Å². The van der Waals surface area contributed by atoms with Gasteiger partial charge in [-0.2, -0.15) is 0 Å². The van der Waals surface area contributed by atoms with E-state index < -0.39 is 0 Å². The predicted molar refractivity (Wildman–Crippen MR) is 96.1 cm³/mol. The number of rotatable bonds is 5. The van der Waals surface area contributed by atoms with Crippen LogP contribution in [-0.2, 0) is 6.54 Å². The van der Waals surface area contributed by atoms with E-state index in [4.69, 9.17) is 9.47 Å². The van der Waals surface area contributed by atoms with Gasteiger partial charge in [-0.25, -0.2) is 0 Å². The standard InChI is InChI=1S/C20H32N2O2/c1-23-19-9-10-20(24-2)17(15-19)16-21-11-13-22(14-12-21)18-7-5-3-4-6-8-18/h9-10,15,18H,3-8,11-14,16H2,1-2H3/p+2. The highest BCUT2D eigenvalue weighted by Gasteiger charge is 2.30. The van der Waals surface area contributed by atoms with E-state index in [-0.39, 0.29) is 0 Å². The Morgan fingerprint density at radius 2 is 1.62 bits per heavy atom. The van der Waals surface area contributed by atoms with E-state index in [1.54, 1.807) is 19.1 Å². The Bertz CT molecular complexity index is 504. The topological polar surface area (TPSA) is 27.3 Å². The number of piperazine rings is 1. The van der Waals surface area contributed by atoms with Crippen LogP contribution in [0.4, 0.5) is 0 Å². The van der Waals surface area contributed by atoms with Gasteiger partial charge in [-0.15, -0.1) is 0 Å². The minimum absolute atomic E-state index is 0.924. The van der Waals surface area contributed by atoms with Crippen LogP contribution in [0.5, 0.6) is 11.5 Å². The molecule has 0 amide bonds. The van der Waals surface area contributed by atoms with E-state index in [0.717, 1.165) is 24.1 Å². The van der Waals surface area contributed by atoms with Gasteiger partial charge >= 0.3 is 0 Å². The molecule has 24 heavy (non-hydrogen) atoms. The molecule has 1 saturated carbocycles. The van der Waals surface area contributed by atoms with Gasteiger partial charge in [0.15, 0.2) is 0 Å². The summed E-state index contributed by atoms with van der Waals surface area (Å²) in [5.74, 6) is 1.91. The Kier molecular flexibility index (Phi) is 6.38. The van der Waals surface area contributed by atoms with Crippen molar-refractivity contribution in [3.8, 4) is 11.5 Å². The average Bonchev–Trinajstić information content (AvgIpc) is 2.92. The quantitative estimate of drug-likeness (QED) is 0.776. The number of quaternary nitrogens is 2. The van der Waals surface area contributed by atoms with E-state index in [0.29, 0.717) is 0 Å². The molecule has 1 aliphatic carbocycles. The molecular formula is C20H34N2O2+2. The van der Waals surface area contributed by atoms with Crippen molar-refractivity contribution >= 4 is 0 Å². The molecule has 2 N–H and O–H groups in total. The zero-order chi connectivity index (χ0) is 16.8. The van der Waals surface area contributed by atoms with Gasteiger partial charge in [-0.05, 0) is 43.9 Å². The van der Waals surface area contributed by atoms with Crippen molar-refractivity contribution in [3.05, 3.63) is 23.8 Å². The summed E-state index contributed by atoms with van der Waals surface area (Å²) < 4.78 is 10.9. The van der Waals surface area contributed by atoms with Crippen LogP contribution in [0.1, 0.15) is 44.1 Å². The molecule has 0 aromatic heterocycles. The fourth-order valence-electron chi connectivity index (χ4n) is 4.49. The van der Waals surface area contributed by atoms with Gasteiger partial charge in [-0.1, -0.05) is 12.8 Å². The smallest absolute Gasteiger partial charge is 0.127 e. The van der Waals surface area contributed by atoms with E-state index in [2.05, 4.69) is 6.07 Å². The summed E-state index contributed by atoms with van der Waals surface area (Å²) in [7, 11) is 3.49. The number of benzene rings is 1. The molecule has 0 atom stereocenters. The largest absolute Gasteiger partial charge is 0.497 e. The minimum Gasteiger partial charge on any atom is -0.497 e. The SMILES string of the molecule is COc1ccc(OC)c(C[NH+]2CC[NH+](C3CCCCCC3)CC2)c1. The van der Waals surface area contributed by atoms with Crippen LogP contribution in [0.15, 0.2) is 18.2 Å². The van der Waals surface area contributed by atoms with Crippen LogP contribution in [0.2, 0.25) is 0 Å². The molecular weight excluding hydrogens is 300 g/mol. The van der Waals surface area contributed by atoms with Crippen molar-refractivity contribution in [2.45, 2.75) is 51.1 Å². The van der Waals surface area contributed by atoms with Crippen molar-refractivity contribution in [1.82, 2.24) is 0 Å². The number of ether oxygens (including phenoxy) is 2. The summed E-state index contributed by atoms with van der Waals surface area (Å²) in [4.78, 5) is 3.55. The molecule has 3 rings (SSSR count). The molecule has 0 bridgehead atoms. The van der Waals surface area contributed by atoms with Crippen molar-refractivity contribution in [1.29, 1.82) is 0 Å². The lowest BCUT2D eigenvalue weighted by Gasteiger charge is -2.34. The fraction of sp³-hybridized carbons (Fsp3) is 0.700. The number of hydrogen-bond donors (Lipinski definition) is 2. The lowest BCUT2D eigenvalue weighted by atomic mass is 10.1. The maximum atomic E-state index is 5.54. The molecule has 1 heterocycles. The zero-order valence-electron chi connectivity index (χ0n) is 15.4. The van der Waals surface area contributed by atoms with Crippen LogP contribution in [0, 0.1) is 0 Å². The first kappa shape index (κ1) is 17.6. The number of hydrogen-bond acceptors (Lipinski definition) is 2. The monoisotopic (exact) mass is 334 g/mol. The molecule has 0 spiro atoms. The molecule has 4 nitrogen and oxygen atoms in total. The second-order valence-corrected chi connectivity index (χ2v) is 7.45. The normalized spacial score (nSPS) is 25.9. The maximum absolute atomic E-state index is 5.54. The van der Waals surface area contributed by atoms with Crippen molar-refractivity contribution in [2.75, 3.05) is 40.4 Å². The Morgan fingerprint density at radius 3 is 2.25 bits per heavy atom. The van der Waals surface area contributed by atoms with E-state index in [1.807, 2.05) is 17.0 Å². The highest BCUT2D eigenvalue weighted by atomic mass is 16.5. The number of methoxy groups -OCH3 is 2. The Labute approximate surface area is 146 Å². The van der Waals surface area contributed by atoms with Crippen molar-refractivity contribution < 1.29 is 19.3 Å². The lowest BCUT2D eigenvalue weighted by Crippen LogP contribution is -3.29. The average molecular weight is 335 g/mol. The first-order valence-corrected chi connectivity index (χ1v) is 9.69. The van der Waals surface area contributed by atoms with E-state index in [9.17, 15) is 0 Å². The highest BCUT2D eigenvalue weighted by Crippen LogP contribution is 2.23. The van der Waals surface area contributed by atoms with Crippen molar-refractivity contribution in [2.24, 2.45) is 0 Å². The molecule has 0 radical (unpaired) electrons. The second kappa shape index (κ2) is 8.72. The lowest BCUT2D eigenvalue weighted by molar-refractivity contribution is -1.03. The first-order valence-electron chi connectivity index (χ1n) is 9.69. The summed E-state index contributed by atoms with van der Waals surface area (Å²) in [6.45, 7) is 6.23. The highest BCUT2D eigenvalue weighted by molar-refractivity contribution is 5.39. The summed E-state index contributed by atoms with van der Waals surface area (Å²) >= 11 is 0. The van der Waals surface area contributed by atoms with Crippen molar-refractivity contribution in [3.63, 3.8) is 0 Å². The minimum atomic E-state index is 0.924. The summed E-state index contributed by atoms with van der Waals surface area (Å²) in [6, 6.07) is 7.07. The third-order valence-electron chi connectivity index (χ3n) is 5.96. The van der Waals surface area contributed by atoms with Crippen LogP contribution in [0.3, 0.4) is 0 Å². The third kappa shape index (κ3) is 4.42. The predicted octanol–water partition coefficient (Wildman–Crippen LogP) is 0.710. The Hall–Kier alpha value is -1.26. The molecule has 1 aliphatic heterocycles. The molecule has 1 aromatic carbocycles. The molecule has 4 heteroatoms. The zero-order valence-corrected chi connectivity index (χ0v) is 15.4. The molecule has 2 fully saturated rings. The molecule has 2 aliphatic rings. The summed E-state index contributed by atoms with van der Waals surface area (Å²) in [5, 5.41) is 0. The van der Waals surface area contributed by atoms with Crippen LogP contribution >= 0.6 is 0 Å². The van der Waals surface area contributed by atoms with Crippen LogP contribution in [0.25, 0.3) is 0 Å². The number of nitrogens with one attached hydrogen (secondary N) is 2. The van der Waals surface area contributed by atoms with Gasteiger partial charge in [0.1, 0.15) is 44.2 Å². The van der Waals surface area contributed by atoms with Crippen LogP contribution in [-0.4, -0.2) is 46.4 Å². The van der Waals surface area contributed by atoms with Gasteiger partial charge < -0.3 is 19.3 Å². The molecule has 134 valence electrons. The van der Waals surface area contributed by atoms with E-state index in [1.165, 1.54) is 70.3 Å². The Balaban J connectivity index is 1.55. The van der Waals surface area contributed by atoms with Gasteiger partial charge in [0.05, 0.1) is 25.8 Å². The van der Waals surface area contributed by atoms with Crippen LogP contribution < -0.4 is 19.3 Å². The third-order valence-corrected chi connectivity index (χ3v) is 5.96. The second-order valence-electron chi connectivity index (χ2n) is 7.45. The fourth-order valence-corrected chi connectivity index (χ4v) is 4.49. The van der Waals surface area contributed by atoms with Gasteiger partial charge in [-0.3, -0.25) is 0 Å². The summed E-state index contributed by atoms with van der Waals surface area (Å²) in [5.41, 5.74) is 1.27. The molecule has 0 unspecified atom stereocenters. The molecule has 1 saturated heterocycles. The van der Waals surface area contributed by atoms with Gasteiger partial charge in [0.2, 0.25) is 0 Å². The Morgan fingerprint density at radius 1 is 0.917 bits per heavy atom. The molecule has 1 aromatic rings. The first-order chi connectivity index (χ1) is 11.8. The summed E-state index contributed by atoms with van der Waals surface area (Å²) in [6.07, 6.45) is 8.72. The van der Waals surface area contributed by atoms with E-state index >= 15 is 0 Å². The maximum Gasteiger partial charge on any atom is 0.127 e. The van der Waals surface area contributed by atoms with Gasteiger partial charge in [0, 0.05) is 0 Å².